The van der Waals surface area contributed by atoms with E-state index in [0.29, 0.717) is 6.04 Å². The van der Waals surface area contributed by atoms with Crippen LogP contribution in [0.15, 0.2) is 46.9 Å². The van der Waals surface area contributed by atoms with Crippen molar-refractivity contribution in [1.29, 1.82) is 0 Å². The fraction of sp³-hybridized carbons (Fsp3) is 0.375. The van der Waals surface area contributed by atoms with Gasteiger partial charge in [0.25, 0.3) is 0 Å². The molecule has 3 aromatic rings. The number of rotatable bonds is 2. The molecule has 5 rings (SSSR count). The van der Waals surface area contributed by atoms with Gasteiger partial charge in [0.15, 0.2) is 5.11 Å². The highest BCUT2D eigenvalue weighted by Crippen LogP contribution is 2.39. The summed E-state index contributed by atoms with van der Waals surface area (Å²) >= 11 is 16.0. The highest BCUT2D eigenvalue weighted by Gasteiger charge is 2.34. The molecule has 3 nitrogen and oxygen atoms in total. The molecule has 1 aliphatic carbocycles. The lowest BCUT2D eigenvalue weighted by Crippen LogP contribution is -2.49. The summed E-state index contributed by atoms with van der Waals surface area (Å²) in [7, 11) is 0. The van der Waals surface area contributed by atoms with E-state index in [2.05, 4.69) is 61.5 Å². The zero-order valence-corrected chi connectivity index (χ0v) is 19.9. The Balaban J connectivity index is 1.56. The Morgan fingerprint density at radius 1 is 1.13 bits per heavy atom. The van der Waals surface area contributed by atoms with Crippen molar-refractivity contribution in [2.75, 3.05) is 6.54 Å². The van der Waals surface area contributed by atoms with Gasteiger partial charge >= 0.3 is 0 Å². The second kappa shape index (κ2) is 8.52. The van der Waals surface area contributed by atoms with Crippen LogP contribution in [-0.2, 0) is 6.42 Å². The minimum Gasteiger partial charge on any atom is -0.360 e. The van der Waals surface area contributed by atoms with Crippen molar-refractivity contribution in [2.24, 2.45) is 0 Å². The largest absolute Gasteiger partial charge is 0.360 e. The van der Waals surface area contributed by atoms with Crippen LogP contribution in [0.1, 0.15) is 55.0 Å². The zero-order valence-electron chi connectivity index (χ0n) is 16.8. The smallest absolute Gasteiger partial charge is 0.170 e. The Kier molecular flexibility index (Phi) is 5.78. The monoisotopic (exact) mass is 501 g/mol. The molecular formula is C24H25BrClN3S. The van der Waals surface area contributed by atoms with E-state index in [1.165, 1.54) is 59.8 Å². The summed E-state index contributed by atoms with van der Waals surface area (Å²) in [6.45, 7) is 0.891. The number of H-pyrrole nitrogens is 1. The van der Waals surface area contributed by atoms with Gasteiger partial charge in [-0.3, -0.25) is 0 Å². The van der Waals surface area contributed by atoms with Crippen molar-refractivity contribution in [1.82, 2.24) is 15.2 Å². The molecule has 1 unspecified atom stereocenters. The summed E-state index contributed by atoms with van der Waals surface area (Å²) < 4.78 is 1.10. The highest BCUT2D eigenvalue weighted by atomic mass is 79.9. The Bertz CT molecular complexity index is 1090. The third kappa shape index (κ3) is 3.88. The van der Waals surface area contributed by atoms with Crippen molar-refractivity contribution < 1.29 is 0 Å². The van der Waals surface area contributed by atoms with Crippen molar-refractivity contribution >= 4 is 55.8 Å². The number of halogens is 2. The van der Waals surface area contributed by atoms with Crippen molar-refractivity contribution in [3.63, 3.8) is 0 Å². The summed E-state index contributed by atoms with van der Waals surface area (Å²) in [5.41, 5.74) is 4.95. The average Bonchev–Trinajstić information content (AvgIpc) is 3.11. The number of thiocarbonyl (C=S) groups is 1. The van der Waals surface area contributed by atoms with E-state index in [9.17, 15) is 0 Å². The lowest BCUT2D eigenvalue weighted by Gasteiger charge is -2.39. The molecule has 1 saturated carbocycles. The molecule has 2 aliphatic rings. The number of aromatic nitrogens is 1. The number of hydrogen-bond acceptors (Lipinski definition) is 1. The Labute approximate surface area is 196 Å². The average molecular weight is 503 g/mol. The van der Waals surface area contributed by atoms with Crippen LogP contribution in [0.25, 0.3) is 10.9 Å². The maximum absolute atomic E-state index is 6.39. The van der Waals surface area contributed by atoms with Gasteiger partial charge in [-0.1, -0.05) is 58.9 Å². The standard InChI is InChI=1S/C24H25BrClN3S/c25-16-9-10-21-20(14-16)19-11-12-29(24(30)27-18-7-2-1-3-8-18)23(22(19)28-21)15-5-4-6-17(26)13-15/h4-6,9-10,13-14,18,23,28H,1-3,7-8,11-12H2,(H,27,30). The van der Waals surface area contributed by atoms with Gasteiger partial charge in [-0.05, 0) is 72.9 Å². The van der Waals surface area contributed by atoms with Crippen LogP contribution in [0.5, 0.6) is 0 Å². The number of aromatic amines is 1. The predicted octanol–water partition coefficient (Wildman–Crippen LogP) is 6.74. The van der Waals surface area contributed by atoms with Gasteiger partial charge in [-0.15, -0.1) is 0 Å². The summed E-state index contributed by atoms with van der Waals surface area (Å²) in [4.78, 5) is 6.06. The number of fused-ring (bicyclic) bond motifs is 3. The summed E-state index contributed by atoms with van der Waals surface area (Å²) in [6, 6.07) is 15.2. The van der Waals surface area contributed by atoms with E-state index < -0.39 is 0 Å². The predicted molar refractivity (Wildman–Crippen MR) is 132 cm³/mol. The molecule has 6 heteroatoms. The molecule has 2 N–H and O–H groups in total. The first-order chi connectivity index (χ1) is 14.6. The third-order valence-corrected chi connectivity index (χ3v) is 7.53. The highest BCUT2D eigenvalue weighted by molar-refractivity contribution is 9.10. The first-order valence-corrected chi connectivity index (χ1v) is 12.3. The van der Waals surface area contributed by atoms with E-state index in [0.717, 1.165) is 27.6 Å². The third-order valence-electron chi connectivity index (χ3n) is 6.45. The van der Waals surface area contributed by atoms with Crippen molar-refractivity contribution in [2.45, 2.75) is 50.6 Å². The van der Waals surface area contributed by atoms with Crippen molar-refractivity contribution in [3.8, 4) is 0 Å². The maximum atomic E-state index is 6.39. The Hall–Kier alpha value is -1.56. The van der Waals surface area contributed by atoms with Gasteiger partial charge in [-0.25, -0.2) is 0 Å². The van der Waals surface area contributed by atoms with E-state index in [4.69, 9.17) is 23.8 Å². The molecule has 0 radical (unpaired) electrons. The van der Waals surface area contributed by atoms with Crippen LogP contribution in [0.2, 0.25) is 5.02 Å². The fourth-order valence-corrected chi connectivity index (χ4v) is 5.93. The molecule has 0 saturated heterocycles. The second-order valence-electron chi connectivity index (χ2n) is 8.39. The van der Waals surface area contributed by atoms with E-state index >= 15 is 0 Å². The number of nitrogens with one attached hydrogen (secondary N) is 2. The number of hydrogen-bond donors (Lipinski definition) is 2. The van der Waals surface area contributed by atoms with Crippen LogP contribution < -0.4 is 5.32 Å². The van der Waals surface area contributed by atoms with Crippen LogP contribution >= 0.6 is 39.7 Å². The number of nitrogens with zero attached hydrogens (tertiary/aromatic N) is 1. The summed E-state index contributed by atoms with van der Waals surface area (Å²) in [5.74, 6) is 0. The van der Waals surface area contributed by atoms with Gasteiger partial charge in [0.2, 0.25) is 0 Å². The minimum atomic E-state index is 0.0298. The van der Waals surface area contributed by atoms with E-state index in [-0.39, 0.29) is 6.04 Å². The maximum Gasteiger partial charge on any atom is 0.170 e. The molecule has 30 heavy (non-hydrogen) atoms. The van der Waals surface area contributed by atoms with E-state index in [1.807, 2.05) is 12.1 Å². The SMILES string of the molecule is S=C(NC1CCCCC1)N1CCc2c([nH]c3ccc(Br)cc23)C1c1cccc(Cl)c1. The fourth-order valence-electron chi connectivity index (χ4n) is 5.01. The minimum absolute atomic E-state index is 0.0298. The van der Waals surface area contributed by atoms with Crippen LogP contribution in [0, 0.1) is 0 Å². The topological polar surface area (TPSA) is 31.1 Å². The molecule has 1 atom stereocenters. The second-order valence-corrected chi connectivity index (χ2v) is 10.1. The van der Waals surface area contributed by atoms with Gasteiger partial charge in [0.05, 0.1) is 6.04 Å². The molecule has 0 amide bonds. The van der Waals surface area contributed by atoms with Crippen molar-refractivity contribution in [3.05, 3.63) is 68.8 Å². The molecule has 0 spiro atoms. The van der Waals surface area contributed by atoms with Gasteiger partial charge in [0.1, 0.15) is 0 Å². The molecule has 1 aliphatic heterocycles. The lowest BCUT2D eigenvalue weighted by molar-refractivity contribution is 0.316. The molecule has 2 heterocycles. The molecule has 1 aromatic heterocycles. The normalized spacial score (nSPS) is 19.7. The van der Waals surface area contributed by atoms with Crippen LogP contribution in [-0.4, -0.2) is 27.6 Å². The Morgan fingerprint density at radius 2 is 1.97 bits per heavy atom. The molecule has 156 valence electrons. The summed E-state index contributed by atoms with van der Waals surface area (Å²) in [6.07, 6.45) is 7.31. The number of benzene rings is 2. The quantitative estimate of drug-likeness (QED) is 0.381. The first kappa shape index (κ1) is 20.3. The summed E-state index contributed by atoms with van der Waals surface area (Å²) in [5, 5.41) is 6.58. The van der Waals surface area contributed by atoms with Gasteiger partial charge in [-0.2, -0.15) is 0 Å². The first-order valence-electron chi connectivity index (χ1n) is 10.7. The van der Waals surface area contributed by atoms with Crippen LogP contribution in [0.3, 0.4) is 0 Å². The molecule has 1 fully saturated rings. The van der Waals surface area contributed by atoms with E-state index in [1.54, 1.807) is 0 Å². The molecule has 0 bridgehead atoms. The Morgan fingerprint density at radius 3 is 2.77 bits per heavy atom. The molecular weight excluding hydrogens is 478 g/mol. The van der Waals surface area contributed by atoms with Crippen LogP contribution in [0.4, 0.5) is 0 Å². The lowest BCUT2D eigenvalue weighted by atomic mass is 9.92. The van der Waals surface area contributed by atoms with Gasteiger partial charge in [0, 0.05) is 38.7 Å². The van der Waals surface area contributed by atoms with Gasteiger partial charge < -0.3 is 15.2 Å². The zero-order chi connectivity index (χ0) is 20.7. The molecule has 2 aromatic carbocycles.